The van der Waals surface area contributed by atoms with E-state index in [9.17, 15) is 19.2 Å². The number of rotatable bonds is 7. The third-order valence-corrected chi connectivity index (χ3v) is 5.83. The second-order valence-electron chi connectivity index (χ2n) is 7.73. The van der Waals surface area contributed by atoms with Crippen LogP contribution in [0.25, 0.3) is 0 Å². The van der Waals surface area contributed by atoms with E-state index in [4.69, 9.17) is 4.74 Å². The van der Waals surface area contributed by atoms with Crippen molar-refractivity contribution in [2.75, 3.05) is 24.6 Å². The summed E-state index contributed by atoms with van der Waals surface area (Å²) in [6.07, 6.45) is 4.85. The van der Waals surface area contributed by atoms with E-state index in [1.807, 2.05) is 13.0 Å². The second kappa shape index (κ2) is 9.11. The number of imide groups is 1. The lowest BCUT2D eigenvalue weighted by atomic mass is 9.73. The first-order valence-corrected chi connectivity index (χ1v) is 10.1. The van der Waals surface area contributed by atoms with Crippen molar-refractivity contribution < 1.29 is 23.9 Å². The van der Waals surface area contributed by atoms with Gasteiger partial charge in [-0.15, -0.1) is 6.58 Å². The molecule has 0 radical (unpaired) electrons. The number of urea groups is 1. The average Bonchev–Trinajstić information content (AvgIpc) is 2.98. The van der Waals surface area contributed by atoms with E-state index >= 15 is 0 Å². The SMILES string of the molecule is C=CCN(C(=O)COC(=O)CN1C(=O)N[C@]2(CCCC[C@@H]2C)C1=O)c1ccccc1. The first-order chi connectivity index (χ1) is 14.4. The number of hydrogen-bond acceptors (Lipinski definition) is 5. The summed E-state index contributed by atoms with van der Waals surface area (Å²) in [6.45, 7) is 4.84. The van der Waals surface area contributed by atoms with Crippen molar-refractivity contribution >= 4 is 29.5 Å². The second-order valence-corrected chi connectivity index (χ2v) is 7.73. The maximum Gasteiger partial charge on any atom is 0.326 e. The molecule has 0 bridgehead atoms. The number of para-hydroxylation sites is 1. The van der Waals surface area contributed by atoms with Gasteiger partial charge in [-0.3, -0.25) is 19.3 Å². The Labute approximate surface area is 175 Å². The molecule has 1 aromatic carbocycles. The lowest BCUT2D eigenvalue weighted by Crippen LogP contribution is -2.54. The van der Waals surface area contributed by atoms with Gasteiger partial charge in [-0.05, 0) is 30.9 Å². The minimum atomic E-state index is -0.931. The summed E-state index contributed by atoms with van der Waals surface area (Å²) in [5.74, 6) is -1.62. The fraction of sp³-hybridized carbons (Fsp3) is 0.455. The van der Waals surface area contributed by atoms with E-state index in [-0.39, 0.29) is 18.4 Å². The molecule has 3 rings (SSSR count). The molecule has 8 heteroatoms. The third kappa shape index (κ3) is 4.22. The van der Waals surface area contributed by atoms with Crippen LogP contribution in [0.2, 0.25) is 0 Å². The van der Waals surface area contributed by atoms with E-state index in [0.717, 1.165) is 24.2 Å². The third-order valence-electron chi connectivity index (χ3n) is 5.83. The molecule has 2 atom stereocenters. The molecule has 0 aromatic heterocycles. The van der Waals surface area contributed by atoms with E-state index in [0.29, 0.717) is 12.1 Å². The number of nitrogens with one attached hydrogen (secondary N) is 1. The maximum absolute atomic E-state index is 12.9. The fourth-order valence-electron chi connectivity index (χ4n) is 4.12. The minimum absolute atomic E-state index is 0.00336. The highest BCUT2D eigenvalue weighted by Crippen LogP contribution is 2.38. The summed E-state index contributed by atoms with van der Waals surface area (Å²) in [5.41, 5.74) is -0.278. The largest absolute Gasteiger partial charge is 0.454 e. The zero-order chi connectivity index (χ0) is 21.7. The zero-order valence-electron chi connectivity index (χ0n) is 17.1. The van der Waals surface area contributed by atoms with Crippen LogP contribution in [0.1, 0.15) is 32.6 Å². The van der Waals surface area contributed by atoms with Gasteiger partial charge in [0.15, 0.2) is 6.61 Å². The molecule has 1 spiro atoms. The van der Waals surface area contributed by atoms with Gasteiger partial charge in [0, 0.05) is 12.2 Å². The summed E-state index contributed by atoms with van der Waals surface area (Å²) < 4.78 is 5.08. The molecule has 0 unspecified atom stereocenters. The summed E-state index contributed by atoms with van der Waals surface area (Å²) in [4.78, 5) is 52.4. The van der Waals surface area contributed by atoms with E-state index in [2.05, 4.69) is 11.9 Å². The maximum atomic E-state index is 12.9. The fourth-order valence-corrected chi connectivity index (χ4v) is 4.12. The molecule has 4 amide bonds. The minimum Gasteiger partial charge on any atom is -0.454 e. The predicted octanol–water partition coefficient (Wildman–Crippen LogP) is 2.25. The highest BCUT2D eigenvalue weighted by molar-refractivity contribution is 6.09. The molecule has 1 aliphatic heterocycles. The Morgan fingerprint density at radius 3 is 2.70 bits per heavy atom. The molecular weight excluding hydrogens is 386 g/mol. The van der Waals surface area contributed by atoms with Crippen molar-refractivity contribution in [3.05, 3.63) is 43.0 Å². The van der Waals surface area contributed by atoms with Crippen LogP contribution in [-0.2, 0) is 19.1 Å². The Bertz CT molecular complexity index is 840. The topological polar surface area (TPSA) is 96.0 Å². The number of esters is 1. The molecule has 2 aliphatic rings. The Morgan fingerprint density at radius 1 is 1.30 bits per heavy atom. The van der Waals surface area contributed by atoms with Gasteiger partial charge in [0.2, 0.25) is 0 Å². The van der Waals surface area contributed by atoms with Gasteiger partial charge < -0.3 is 15.0 Å². The number of amides is 4. The molecule has 1 saturated heterocycles. The van der Waals surface area contributed by atoms with Gasteiger partial charge >= 0.3 is 12.0 Å². The molecule has 160 valence electrons. The molecule has 2 fully saturated rings. The van der Waals surface area contributed by atoms with Crippen LogP contribution in [0.4, 0.5) is 10.5 Å². The number of anilines is 1. The van der Waals surface area contributed by atoms with Crippen molar-refractivity contribution in [2.45, 2.75) is 38.1 Å². The van der Waals surface area contributed by atoms with Crippen molar-refractivity contribution in [2.24, 2.45) is 5.92 Å². The van der Waals surface area contributed by atoms with Gasteiger partial charge in [-0.1, -0.05) is 44.0 Å². The van der Waals surface area contributed by atoms with Crippen LogP contribution in [0.3, 0.4) is 0 Å². The quantitative estimate of drug-likeness (QED) is 0.420. The molecule has 1 saturated carbocycles. The monoisotopic (exact) mass is 413 g/mol. The van der Waals surface area contributed by atoms with Crippen LogP contribution < -0.4 is 10.2 Å². The molecule has 8 nitrogen and oxygen atoms in total. The first kappa shape index (κ1) is 21.5. The van der Waals surface area contributed by atoms with Crippen molar-refractivity contribution in [3.8, 4) is 0 Å². The van der Waals surface area contributed by atoms with E-state index in [1.54, 1.807) is 30.3 Å². The summed E-state index contributed by atoms with van der Waals surface area (Å²) in [6, 6.07) is 8.37. The van der Waals surface area contributed by atoms with Gasteiger partial charge in [0.25, 0.3) is 11.8 Å². The van der Waals surface area contributed by atoms with Gasteiger partial charge in [0.05, 0.1) is 0 Å². The van der Waals surface area contributed by atoms with E-state index < -0.39 is 36.6 Å². The standard InChI is InChI=1S/C22H27N3O5/c1-3-13-24(17-10-5-4-6-11-17)18(26)15-30-19(27)14-25-20(28)22(23-21(25)29)12-8-7-9-16(22)2/h3-6,10-11,16H,1,7-9,12-15H2,2H3,(H,23,29)/t16-,22-/m0/s1. The molecule has 1 N–H and O–H groups in total. The van der Waals surface area contributed by atoms with Crippen molar-refractivity contribution in [1.82, 2.24) is 10.2 Å². The van der Waals surface area contributed by atoms with Gasteiger partial charge in [-0.2, -0.15) is 0 Å². The number of hydrogen-bond donors (Lipinski definition) is 1. The molecular formula is C22H27N3O5. The Kier molecular flexibility index (Phi) is 6.54. The highest BCUT2D eigenvalue weighted by Gasteiger charge is 2.55. The predicted molar refractivity (Wildman–Crippen MR) is 111 cm³/mol. The van der Waals surface area contributed by atoms with Crippen LogP contribution in [0.15, 0.2) is 43.0 Å². The molecule has 30 heavy (non-hydrogen) atoms. The lowest BCUT2D eigenvalue weighted by Gasteiger charge is -2.36. The van der Waals surface area contributed by atoms with Gasteiger partial charge in [0.1, 0.15) is 12.1 Å². The molecule has 1 aromatic rings. The van der Waals surface area contributed by atoms with Crippen molar-refractivity contribution in [1.29, 1.82) is 0 Å². The Morgan fingerprint density at radius 2 is 2.03 bits per heavy atom. The number of nitrogens with zero attached hydrogens (tertiary/aromatic N) is 2. The normalized spacial score (nSPS) is 23.2. The lowest BCUT2D eigenvalue weighted by molar-refractivity contribution is -0.151. The van der Waals surface area contributed by atoms with Crippen molar-refractivity contribution in [3.63, 3.8) is 0 Å². The Hall–Kier alpha value is -3.16. The van der Waals surface area contributed by atoms with E-state index in [1.165, 1.54) is 4.90 Å². The van der Waals surface area contributed by atoms with Gasteiger partial charge in [-0.25, -0.2) is 4.79 Å². The number of carbonyl (C=O) groups excluding carboxylic acids is 4. The summed E-state index contributed by atoms with van der Waals surface area (Å²) in [7, 11) is 0. The van der Waals surface area contributed by atoms with Crippen LogP contribution >= 0.6 is 0 Å². The first-order valence-electron chi connectivity index (χ1n) is 10.1. The smallest absolute Gasteiger partial charge is 0.326 e. The number of ether oxygens (including phenoxy) is 1. The van der Waals surface area contributed by atoms with Crippen LogP contribution in [-0.4, -0.2) is 54.0 Å². The molecule has 1 heterocycles. The number of carbonyl (C=O) groups is 4. The average molecular weight is 413 g/mol. The zero-order valence-corrected chi connectivity index (χ0v) is 17.1. The summed E-state index contributed by atoms with van der Waals surface area (Å²) >= 11 is 0. The van der Waals surface area contributed by atoms with Crippen LogP contribution in [0, 0.1) is 5.92 Å². The Balaban J connectivity index is 1.59. The highest BCUT2D eigenvalue weighted by atomic mass is 16.5. The summed E-state index contributed by atoms with van der Waals surface area (Å²) in [5, 5.41) is 2.79. The number of benzene rings is 1. The molecule has 1 aliphatic carbocycles. The van der Waals surface area contributed by atoms with Crippen LogP contribution in [0.5, 0.6) is 0 Å².